The van der Waals surface area contributed by atoms with Gasteiger partial charge in [-0.05, 0) is 57.0 Å². The van der Waals surface area contributed by atoms with Crippen LogP contribution in [-0.4, -0.2) is 55.0 Å². The van der Waals surface area contributed by atoms with E-state index in [1.807, 2.05) is 24.3 Å². The zero-order chi connectivity index (χ0) is 15.5. The van der Waals surface area contributed by atoms with Crippen LogP contribution < -0.4 is 0 Å². The van der Waals surface area contributed by atoms with E-state index in [9.17, 15) is 4.79 Å². The van der Waals surface area contributed by atoms with Gasteiger partial charge < -0.3 is 14.5 Å². The average molecular weight is 302 g/mol. The molecule has 1 aromatic rings. The quantitative estimate of drug-likeness (QED) is 0.857. The van der Waals surface area contributed by atoms with Crippen molar-refractivity contribution in [1.29, 1.82) is 0 Å². The van der Waals surface area contributed by atoms with Crippen LogP contribution in [0, 0.1) is 0 Å². The van der Waals surface area contributed by atoms with Gasteiger partial charge in [0.05, 0.1) is 6.61 Å². The highest BCUT2D eigenvalue weighted by Gasteiger charge is 2.38. The molecule has 2 fully saturated rings. The summed E-state index contributed by atoms with van der Waals surface area (Å²) >= 11 is 0. The van der Waals surface area contributed by atoms with Crippen LogP contribution in [-0.2, 0) is 11.3 Å². The largest absolute Gasteiger partial charge is 0.380 e. The van der Waals surface area contributed by atoms with Crippen LogP contribution >= 0.6 is 0 Å². The Balaban J connectivity index is 1.72. The summed E-state index contributed by atoms with van der Waals surface area (Å²) in [7, 11) is 3.88. The van der Waals surface area contributed by atoms with Crippen molar-refractivity contribution in [2.24, 2.45) is 0 Å². The highest BCUT2D eigenvalue weighted by molar-refractivity contribution is 5.94. The Morgan fingerprint density at radius 1 is 1.14 bits per heavy atom. The van der Waals surface area contributed by atoms with E-state index in [2.05, 4.69) is 16.8 Å². The molecule has 0 bridgehead atoms. The predicted octanol–water partition coefficient (Wildman–Crippen LogP) is 2.53. The summed E-state index contributed by atoms with van der Waals surface area (Å²) in [5.41, 5.74) is 1.90. The Morgan fingerprint density at radius 3 is 2.45 bits per heavy atom. The molecule has 4 heteroatoms. The number of ether oxygens (including phenoxy) is 1. The second-order valence-corrected chi connectivity index (χ2v) is 6.53. The first-order chi connectivity index (χ1) is 10.7. The van der Waals surface area contributed by atoms with Gasteiger partial charge in [-0.25, -0.2) is 0 Å². The molecule has 3 rings (SSSR count). The topological polar surface area (TPSA) is 32.8 Å². The van der Waals surface area contributed by atoms with E-state index in [0.29, 0.717) is 18.7 Å². The normalized spacial score (nSPS) is 25.8. The summed E-state index contributed by atoms with van der Waals surface area (Å²) in [6.07, 6.45) is 4.74. The minimum Gasteiger partial charge on any atom is -0.380 e. The smallest absolute Gasteiger partial charge is 0.254 e. The third-order valence-corrected chi connectivity index (χ3v) is 5.09. The van der Waals surface area contributed by atoms with Crippen molar-refractivity contribution in [2.75, 3.05) is 27.2 Å². The SMILES string of the molecule is COCc1ccc(C(=O)N2CCC[C@@H]2[C@@H]2CCCN2C)cc1. The van der Waals surface area contributed by atoms with Crippen molar-refractivity contribution >= 4 is 5.91 Å². The number of amides is 1. The third-order valence-electron chi connectivity index (χ3n) is 5.09. The van der Waals surface area contributed by atoms with Gasteiger partial charge in [0.1, 0.15) is 0 Å². The summed E-state index contributed by atoms with van der Waals surface area (Å²) in [4.78, 5) is 17.4. The number of methoxy groups -OCH3 is 1. The predicted molar refractivity (Wildman–Crippen MR) is 86.9 cm³/mol. The summed E-state index contributed by atoms with van der Waals surface area (Å²) in [5.74, 6) is 0.187. The van der Waals surface area contributed by atoms with Gasteiger partial charge in [0.15, 0.2) is 0 Å². The molecule has 2 saturated heterocycles. The summed E-state index contributed by atoms with van der Waals surface area (Å²) < 4.78 is 5.12. The molecule has 2 heterocycles. The van der Waals surface area contributed by atoms with Gasteiger partial charge in [0, 0.05) is 31.3 Å². The molecule has 0 unspecified atom stereocenters. The van der Waals surface area contributed by atoms with Gasteiger partial charge in [-0.2, -0.15) is 0 Å². The highest BCUT2D eigenvalue weighted by atomic mass is 16.5. The minimum atomic E-state index is 0.187. The number of hydrogen-bond acceptors (Lipinski definition) is 3. The van der Waals surface area contributed by atoms with Crippen molar-refractivity contribution in [3.05, 3.63) is 35.4 Å². The number of likely N-dealkylation sites (N-methyl/N-ethyl adjacent to an activating group) is 1. The van der Waals surface area contributed by atoms with Gasteiger partial charge in [0.2, 0.25) is 0 Å². The molecule has 0 radical (unpaired) electrons. The molecule has 0 aliphatic carbocycles. The van der Waals surface area contributed by atoms with E-state index in [1.54, 1.807) is 7.11 Å². The van der Waals surface area contributed by atoms with Gasteiger partial charge >= 0.3 is 0 Å². The van der Waals surface area contributed by atoms with Crippen molar-refractivity contribution in [1.82, 2.24) is 9.80 Å². The summed E-state index contributed by atoms with van der Waals surface area (Å²) in [6.45, 7) is 2.65. The molecular weight excluding hydrogens is 276 g/mol. The maximum Gasteiger partial charge on any atom is 0.254 e. The Bertz CT molecular complexity index is 514. The first-order valence-corrected chi connectivity index (χ1v) is 8.30. The van der Waals surface area contributed by atoms with Crippen LogP contribution in [0.5, 0.6) is 0 Å². The molecule has 22 heavy (non-hydrogen) atoms. The lowest BCUT2D eigenvalue weighted by Gasteiger charge is -2.33. The third kappa shape index (κ3) is 3.03. The van der Waals surface area contributed by atoms with E-state index in [0.717, 1.165) is 37.1 Å². The Labute approximate surface area is 133 Å². The van der Waals surface area contributed by atoms with Crippen molar-refractivity contribution in [2.45, 2.75) is 44.4 Å². The van der Waals surface area contributed by atoms with Gasteiger partial charge in [-0.15, -0.1) is 0 Å². The first kappa shape index (κ1) is 15.5. The monoisotopic (exact) mass is 302 g/mol. The molecule has 2 atom stereocenters. The standard InChI is InChI=1S/C18H26N2O2/c1-19-11-3-5-16(19)17-6-4-12-20(17)18(21)15-9-7-14(8-10-15)13-22-2/h7-10,16-17H,3-6,11-13H2,1-2H3/t16-,17+/m0/s1. The zero-order valence-corrected chi connectivity index (χ0v) is 13.6. The molecule has 0 N–H and O–H groups in total. The maximum atomic E-state index is 12.9. The zero-order valence-electron chi connectivity index (χ0n) is 13.6. The molecule has 0 spiro atoms. The lowest BCUT2D eigenvalue weighted by atomic mass is 10.0. The lowest BCUT2D eigenvalue weighted by molar-refractivity contribution is 0.0664. The molecule has 4 nitrogen and oxygen atoms in total. The van der Waals surface area contributed by atoms with Crippen LogP contribution in [0.2, 0.25) is 0 Å². The Hall–Kier alpha value is -1.39. The van der Waals surface area contributed by atoms with E-state index < -0.39 is 0 Å². The fraction of sp³-hybridized carbons (Fsp3) is 0.611. The number of carbonyl (C=O) groups excluding carboxylic acids is 1. The van der Waals surface area contributed by atoms with Crippen LogP contribution in [0.3, 0.4) is 0 Å². The maximum absolute atomic E-state index is 12.9. The second kappa shape index (κ2) is 6.80. The number of nitrogens with zero attached hydrogens (tertiary/aromatic N) is 2. The van der Waals surface area contributed by atoms with Gasteiger partial charge in [-0.1, -0.05) is 12.1 Å². The van der Waals surface area contributed by atoms with Crippen LogP contribution in [0.4, 0.5) is 0 Å². The second-order valence-electron chi connectivity index (χ2n) is 6.53. The fourth-order valence-corrected chi connectivity index (χ4v) is 3.94. The molecule has 0 aromatic heterocycles. The number of carbonyl (C=O) groups is 1. The number of hydrogen-bond donors (Lipinski definition) is 0. The van der Waals surface area contributed by atoms with Crippen LogP contribution in [0.15, 0.2) is 24.3 Å². The van der Waals surface area contributed by atoms with E-state index in [4.69, 9.17) is 4.74 Å². The molecule has 1 amide bonds. The molecule has 2 aliphatic heterocycles. The van der Waals surface area contributed by atoms with E-state index >= 15 is 0 Å². The molecule has 120 valence electrons. The van der Waals surface area contributed by atoms with Crippen molar-refractivity contribution in [3.8, 4) is 0 Å². The Morgan fingerprint density at radius 2 is 1.82 bits per heavy atom. The molecular formula is C18H26N2O2. The minimum absolute atomic E-state index is 0.187. The number of likely N-dealkylation sites (tertiary alicyclic amines) is 2. The van der Waals surface area contributed by atoms with Gasteiger partial charge in [0.25, 0.3) is 5.91 Å². The summed E-state index contributed by atoms with van der Waals surface area (Å²) in [5, 5.41) is 0. The van der Waals surface area contributed by atoms with Crippen molar-refractivity contribution in [3.63, 3.8) is 0 Å². The fourth-order valence-electron chi connectivity index (χ4n) is 3.94. The van der Waals surface area contributed by atoms with Crippen LogP contribution in [0.25, 0.3) is 0 Å². The average Bonchev–Trinajstić information content (AvgIpc) is 3.16. The lowest BCUT2D eigenvalue weighted by Crippen LogP contribution is -2.47. The van der Waals surface area contributed by atoms with Gasteiger partial charge in [-0.3, -0.25) is 4.79 Å². The Kier molecular flexibility index (Phi) is 4.79. The number of rotatable bonds is 4. The van der Waals surface area contributed by atoms with Crippen LogP contribution in [0.1, 0.15) is 41.6 Å². The molecule has 0 saturated carbocycles. The molecule has 2 aliphatic rings. The summed E-state index contributed by atoms with van der Waals surface area (Å²) in [6, 6.07) is 8.78. The van der Waals surface area contributed by atoms with Crippen molar-refractivity contribution < 1.29 is 9.53 Å². The number of benzene rings is 1. The van der Waals surface area contributed by atoms with E-state index in [1.165, 1.54) is 12.8 Å². The highest BCUT2D eigenvalue weighted by Crippen LogP contribution is 2.30. The molecule has 1 aromatic carbocycles. The van der Waals surface area contributed by atoms with E-state index in [-0.39, 0.29) is 5.91 Å². The first-order valence-electron chi connectivity index (χ1n) is 8.30.